The molecular formula is C17H17NO6S. The van der Waals surface area contributed by atoms with E-state index in [4.69, 9.17) is 14.6 Å². The summed E-state index contributed by atoms with van der Waals surface area (Å²) in [4.78, 5) is 36.6. The summed E-state index contributed by atoms with van der Waals surface area (Å²) in [6, 6.07) is 4.94. The lowest BCUT2D eigenvalue weighted by Crippen LogP contribution is -2.28. The predicted molar refractivity (Wildman–Crippen MR) is 93.6 cm³/mol. The number of rotatable bonds is 7. The molecule has 2 amide bonds. The lowest BCUT2D eigenvalue weighted by atomic mass is 10.1. The van der Waals surface area contributed by atoms with E-state index in [1.807, 2.05) is 0 Å². The Balaban J connectivity index is 2.42. The Morgan fingerprint density at radius 3 is 2.76 bits per heavy atom. The normalized spacial score (nSPS) is 16.9. The maximum Gasteiger partial charge on any atom is 0.344 e. The van der Waals surface area contributed by atoms with Gasteiger partial charge in [0.15, 0.2) is 17.6 Å². The molecule has 1 atom stereocenters. The summed E-state index contributed by atoms with van der Waals surface area (Å²) in [7, 11) is 1.43. The van der Waals surface area contributed by atoms with Crippen LogP contribution in [0, 0.1) is 0 Å². The van der Waals surface area contributed by atoms with Crippen molar-refractivity contribution < 1.29 is 29.0 Å². The van der Waals surface area contributed by atoms with Crippen molar-refractivity contribution in [2.24, 2.45) is 0 Å². The van der Waals surface area contributed by atoms with E-state index in [0.29, 0.717) is 11.3 Å². The molecule has 0 radical (unpaired) electrons. The highest BCUT2D eigenvalue weighted by Gasteiger charge is 2.34. The Morgan fingerprint density at radius 2 is 2.16 bits per heavy atom. The minimum absolute atomic E-state index is 0.125. The number of ether oxygens (including phenoxy) is 2. The number of thioether (sulfide) groups is 1. The van der Waals surface area contributed by atoms with E-state index in [9.17, 15) is 14.4 Å². The Bertz CT molecular complexity index is 758. The molecule has 132 valence electrons. The smallest absolute Gasteiger partial charge is 0.344 e. The minimum Gasteiger partial charge on any atom is -0.493 e. The molecule has 1 aromatic carbocycles. The first-order valence-corrected chi connectivity index (χ1v) is 8.13. The molecule has 1 heterocycles. The van der Waals surface area contributed by atoms with E-state index in [1.54, 1.807) is 18.2 Å². The van der Waals surface area contributed by atoms with Gasteiger partial charge in [-0.1, -0.05) is 18.2 Å². The van der Waals surface area contributed by atoms with Gasteiger partial charge in [0.1, 0.15) is 0 Å². The van der Waals surface area contributed by atoms with Crippen LogP contribution in [-0.4, -0.2) is 46.9 Å². The van der Waals surface area contributed by atoms with Gasteiger partial charge in [-0.15, -0.1) is 6.58 Å². The number of carboxylic acid groups (broad SMARTS) is 1. The molecule has 8 heteroatoms. The van der Waals surface area contributed by atoms with Crippen LogP contribution in [0.5, 0.6) is 11.5 Å². The zero-order chi connectivity index (χ0) is 18.6. The van der Waals surface area contributed by atoms with Gasteiger partial charge in [0, 0.05) is 12.1 Å². The van der Waals surface area contributed by atoms with Crippen molar-refractivity contribution in [2.75, 3.05) is 13.7 Å². The number of para-hydroxylation sites is 1. The first kappa shape index (κ1) is 18.6. The van der Waals surface area contributed by atoms with Crippen LogP contribution < -0.4 is 9.47 Å². The van der Waals surface area contributed by atoms with Crippen molar-refractivity contribution in [1.82, 2.24) is 4.90 Å². The average Bonchev–Trinajstić information content (AvgIpc) is 2.84. The number of methoxy groups -OCH3 is 1. The standard InChI is InChI=1S/C17H17NO6S/c1-4-8-18-15(19)13(25-17(18)22)9-11-6-5-7-12(23-3)14(11)24-10(2)16(20)21/h4-7,9-10H,1,8H2,2-3H3,(H,20,21)/b13-9-/t10-/m0/s1. The highest BCUT2D eigenvalue weighted by Crippen LogP contribution is 2.37. The Kier molecular flexibility index (Phi) is 5.87. The van der Waals surface area contributed by atoms with Gasteiger partial charge in [-0.2, -0.15) is 0 Å². The van der Waals surface area contributed by atoms with E-state index in [2.05, 4.69) is 6.58 Å². The number of hydrogen-bond acceptors (Lipinski definition) is 6. The van der Waals surface area contributed by atoms with E-state index in [1.165, 1.54) is 26.2 Å². The molecule has 0 aromatic heterocycles. The second-order valence-electron chi connectivity index (χ2n) is 5.06. The van der Waals surface area contributed by atoms with Crippen LogP contribution in [0.1, 0.15) is 12.5 Å². The van der Waals surface area contributed by atoms with Crippen LogP contribution in [0.2, 0.25) is 0 Å². The fourth-order valence-electron chi connectivity index (χ4n) is 2.09. The summed E-state index contributed by atoms with van der Waals surface area (Å²) in [6.45, 7) is 5.03. The number of carboxylic acids is 1. The molecule has 1 aromatic rings. The highest BCUT2D eigenvalue weighted by atomic mass is 32.2. The SMILES string of the molecule is C=CCN1C(=O)S/C(=C\c2cccc(OC)c2O[C@@H](C)C(=O)O)C1=O. The third-order valence-corrected chi connectivity index (χ3v) is 4.25. The summed E-state index contributed by atoms with van der Waals surface area (Å²) in [6.07, 6.45) is 1.84. The van der Waals surface area contributed by atoms with Crippen molar-refractivity contribution in [1.29, 1.82) is 0 Å². The fourth-order valence-corrected chi connectivity index (χ4v) is 2.93. The number of amides is 2. The summed E-state index contributed by atoms with van der Waals surface area (Å²) < 4.78 is 10.7. The molecule has 0 saturated carbocycles. The molecule has 1 fully saturated rings. The second-order valence-corrected chi connectivity index (χ2v) is 6.05. The van der Waals surface area contributed by atoms with Crippen molar-refractivity contribution in [3.05, 3.63) is 41.3 Å². The van der Waals surface area contributed by atoms with Crippen LogP contribution in [0.15, 0.2) is 35.8 Å². The number of benzene rings is 1. The van der Waals surface area contributed by atoms with Gasteiger partial charge in [0.2, 0.25) is 0 Å². The Labute approximate surface area is 148 Å². The number of hydrogen-bond donors (Lipinski definition) is 1. The van der Waals surface area contributed by atoms with Gasteiger partial charge in [-0.05, 0) is 30.8 Å². The highest BCUT2D eigenvalue weighted by molar-refractivity contribution is 8.18. The summed E-state index contributed by atoms with van der Waals surface area (Å²) in [5.41, 5.74) is 0.441. The second kappa shape index (κ2) is 7.89. The molecule has 1 aliphatic rings. The van der Waals surface area contributed by atoms with Crippen LogP contribution in [0.3, 0.4) is 0 Å². The molecule has 1 saturated heterocycles. The van der Waals surface area contributed by atoms with E-state index >= 15 is 0 Å². The van der Waals surface area contributed by atoms with Crippen molar-refractivity contribution in [3.8, 4) is 11.5 Å². The maximum atomic E-state index is 12.3. The third kappa shape index (κ3) is 4.03. The zero-order valence-electron chi connectivity index (χ0n) is 13.7. The van der Waals surface area contributed by atoms with Crippen LogP contribution in [-0.2, 0) is 9.59 Å². The summed E-state index contributed by atoms with van der Waals surface area (Å²) in [5, 5.41) is 8.66. The summed E-state index contributed by atoms with van der Waals surface area (Å²) in [5.74, 6) is -1.05. The molecule has 7 nitrogen and oxygen atoms in total. The Morgan fingerprint density at radius 1 is 1.44 bits per heavy atom. The zero-order valence-corrected chi connectivity index (χ0v) is 14.5. The van der Waals surface area contributed by atoms with E-state index < -0.39 is 18.0 Å². The van der Waals surface area contributed by atoms with Crippen molar-refractivity contribution in [2.45, 2.75) is 13.0 Å². The largest absolute Gasteiger partial charge is 0.493 e. The number of imide groups is 1. The van der Waals surface area contributed by atoms with Crippen LogP contribution in [0.4, 0.5) is 4.79 Å². The quantitative estimate of drug-likeness (QED) is 0.588. The monoisotopic (exact) mass is 363 g/mol. The van der Waals surface area contributed by atoms with Crippen LogP contribution >= 0.6 is 11.8 Å². The number of nitrogens with zero attached hydrogens (tertiary/aromatic N) is 1. The predicted octanol–water partition coefficient (Wildman–Crippen LogP) is 2.77. The van der Waals surface area contributed by atoms with E-state index in [-0.39, 0.29) is 22.4 Å². The first-order chi connectivity index (χ1) is 11.9. The van der Waals surface area contributed by atoms with Crippen LogP contribution in [0.25, 0.3) is 6.08 Å². The van der Waals surface area contributed by atoms with Gasteiger partial charge in [-0.3, -0.25) is 14.5 Å². The molecule has 1 aliphatic heterocycles. The maximum absolute atomic E-state index is 12.3. The first-order valence-electron chi connectivity index (χ1n) is 7.31. The molecule has 0 bridgehead atoms. The van der Waals surface area contributed by atoms with Gasteiger partial charge in [-0.25, -0.2) is 4.79 Å². The average molecular weight is 363 g/mol. The molecule has 0 unspecified atom stereocenters. The topological polar surface area (TPSA) is 93.1 Å². The fraction of sp³-hybridized carbons (Fsp3) is 0.235. The third-order valence-electron chi connectivity index (χ3n) is 3.34. The number of carbonyl (C=O) groups is 3. The lowest BCUT2D eigenvalue weighted by Gasteiger charge is -2.16. The Hall–Kier alpha value is -2.74. The molecule has 2 rings (SSSR count). The van der Waals surface area contributed by atoms with E-state index in [0.717, 1.165) is 16.7 Å². The van der Waals surface area contributed by atoms with Crippen molar-refractivity contribution >= 4 is 35.0 Å². The molecule has 0 spiro atoms. The number of aliphatic carboxylic acids is 1. The summed E-state index contributed by atoms with van der Waals surface area (Å²) >= 11 is 0.802. The number of carbonyl (C=O) groups excluding carboxylic acids is 2. The van der Waals surface area contributed by atoms with Gasteiger partial charge in [0.25, 0.3) is 11.1 Å². The minimum atomic E-state index is -1.14. The lowest BCUT2D eigenvalue weighted by molar-refractivity contribution is -0.144. The molecule has 1 N–H and O–H groups in total. The van der Waals surface area contributed by atoms with Crippen molar-refractivity contribution in [3.63, 3.8) is 0 Å². The molecular weight excluding hydrogens is 346 g/mol. The molecule has 0 aliphatic carbocycles. The van der Waals surface area contributed by atoms with Gasteiger partial charge < -0.3 is 14.6 Å². The molecule has 25 heavy (non-hydrogen) atoms. The van der Waals surface area contributed by atoms with Gasteiger partial charge in [0.05, 0.1) is 12.0 Å². The van der Waals surface area contributed by atoms with Gasteiger partial charge >= 0.3 is 5.97 Å².